The maximum atomic E-state index is 3.90. The quantitative estimate of drug-likeness (QED) is 0.556. The van der Waals surface area contributed by atoms with Gasteiger partial charge in [0.05, 0.1) is 0 Å². The van der Waals surface area contributed by atoms with Gasteiger partial charge in [0.1, 0.15) is 0 Å². The van der Waals surface area contributed by atoms with E-state index in [4.69, 9.17) is 0 Å². The minimum atomic E-state index is 0.737. The molecular weight excluding hydrogens is 136 g/mol. The molecule has 0 aliphatic heterocycles. The summed E-state index contributed by atoms with van der Waals surface area (Å²) in [6.07, 6.45) is 1.04. The zero-order valence-corrected chi connectivity index (χ0v) is 8.38. The van der Waals surface area contributed by atoms with Crippen LogP contribution in [0.5, 0.6) is 0 Å². The van der Waals surface area contributed by atoms with Crippen LogP contribution < -0.4 is 0 Å². The van der Waals surface area contributed by atoms with Crippen molar-refractivity contribution in [3.63, 3.8) is 0 Å². The molecular formula is C9H13Si. The SMILES string of the molecule is [CH2]CC([SiH3])c1ccccc1. The first-order valence-electron chi connectivity index (χ1n) is 3.68. The van der Waals surface area contributed by atoms with Crippen molar-refractivity contribution in [2.45, 2.75) is 12.0 Å². The van der Waals surface area contributed by atoms with E-state index in [2.05, 4.69) is 37.3 Å². The van der Waals surface area contributed by atoms with E-state index in [0.717, 1.165) is 12.0 Å². The predicted octanol–water partition coefficient (Wildman–Crippen LogP) is 1.32. The summed E-state index contributed by atoms with van der Waals surface area (Å²) < 4.78 is 0. The van der Waals surface area contributed by atoms with Crippen LogP contribution in [0.2, 0.25) is 0 Å². The van der Waals surface area contributed by atoms with Gasteiger partial charge in [-0.15, -0.1) is 0 Å². The topological polar surface area (TPSA) is 0 Å². The van der Waals surface area contributed by atoms with E-state index in [9.17, 15) is 0 Å². The molecule has 0 N–H and O–H groups in total. The lowest BCUT2D eigenvalue weighted by molar-refractivity contribution is 0.952. The van der Waals surface area contributed by atoms with Crippen LogP contribution in [0.4, 0.5) is 0 Å². The van der Waals surface area contributed by atoms with Crippen molar-refractivity contribution < 1.29 is 0 Å². The summed E-state index contributed by atoms with van der Waals surface area (Å²) in [5, 5.41) is 0. The lowest BCUT2D eigenvalue weighted by Gasteiger charge is -2.06. The second-order valence-corrected chi connectivity index (χ2v) is 3.99. The number of benzene rings is 1. The van der Waals surface area contributed by atoms with Crippen molar-refractivity contribution >= 4 is 10.2 Å². The van der Waals surface area contributed by atoms with Gasteiger partial charge in [0.25, 0.3) is 0 Å². The van der Waals surface area contributed by atoms with Gasteiger partial charge in [0, 0.05) is 10.2 Å². The van der Waals surface area contributed by atoms with Gasteiger partial charge in [0.15, 0.2) is 0 Å². The molecule has 1 rings (SSSR count). The van der Waals surface area contributed by atoms with Crippen LogP contribution in [0.3, 0.4) is 0 Å². The molecule has 0 nitrogen and oxygen atoms in total. The number of hydrogen-bond donors (Lipinski definition) is 0. The summed E-state index contributed by atoms with van der Waals surface area (Å²) in [6.45, 7) is 3.90. The zero-order valence-electron chi connectivity index (χ0n) is 6.38. The molecule has 0 saturated carbocycles. The second kappa shape index (κ2) is 3.57. The molecule has 0 aromatic heterocycles. The third-order valence-corrected chi connectivity index (χ3v) is 3.05. The largest absolute Gasteiger partial charge is 0.0622 e. The first-order chi connectivity index (χ1) is 4.84. The highest BCUT2D eigenvalue weighted by atomic mass is 28.1. The van der Waals surface area contributed by atoms with E-state index in [1.54, 1.807) is 0 Å². The van der Waals surface area contributed by atoms with E-state index in [-0.39, 0.29) is 0 Å². The fourth-order valence-corrected chi connectivity index (χ4v) is 1.33. The first kappa shape index (κ1) is 7.54. The molecule has 10 heavy (non-hydrogen) atoms. The van der Waals surface area contributed by atoms with Gasteiger partial charge >= 0.3 is 0 Å². The fourth-order valence-electron chi connectivity index (χ4n) is 0.948. The van der Waals surface area contributed by atoms with Crippen molar-refractivity contribution in [1.29, 1.82) is 0 Å². The Balaban J connectivity index is 2.75. The second-order valence-electron chi connectivity index (χ2n) is 2.60. The third-order valence-electron chi connectivity index (χ3n) is 1.80. The van der Waals surface area contributed by atoms with Crippen molar-refractivity contribution in [2.75, 3.05) is 0 Å². The minimum absolute atomic E-state index is 0.737. The minimum Gasteiger partial charge on any atom is -0.0622 e. The molecule has 0 fully saturated rings. The summed E-state index contributed by atoms with van der Waals surface area (Å²) in [6, 6.07) is 10.6. The van der Waals surface area contributed by atoms with Crippen LogP contribution in [0.15, 0.2) is 30.3 Å². The lowest BCUT2D eigenvalue weighted by Crippen LogP contribution is -1.94. The van der Waals surface area contributed by atoms with Crippen LogP contribution in [-0.4, -0.2) is 10.2 Å². The third kappa shape index (κ3) is 1.71. The summed E-state index contributed by atoms with van der Waals surface area (Å²) in [5.41, 5.74) is 2.19. The lowest BCUT2D eigenvalue weighted by atomic mass is 10.1. The average Bonchev–Trinajstić information content (AvgIpc) is 2.05. The van der Waals surface area contributed by atoms with Crippen molar-refractivity contribution in [1.82, 2.24) is 0 Å². The van der Waals surface area contributed by atoms with Crippen molar-refractivity contribution in [3.8, 4) is 0 Å². The summed E-state index contributed by atoms with van der Waals surface area (Å²) in [5.74, 6) is 0. The Morgan fingerprint density at radius 3 is 2.40 bits per heavy atom. The van der Waals surface area contributed by atoms with Crippen molar-refractivity contribution in [2.24, 2.45) is 0 Å². The van der Waals surface area contributed by atoms with Crippen LogP contribution in [0.1, 0.15) is 17.5 Å². The predicted molar refractivity (Wildman–Crippen MR) is 49.1 cm³/mol. The van der Waals surface area contributed by atoms with Gasteiger partial charge < -0.3 is 0 Å². The Bertz CT molecular complexity index is 181. The standard InChI is InChI=1S/C9H13Si/c1-2-9(10)8-6-4-3-5-7-8/h3-7,9H,1-2H2,10H3. The Morgan fingerprint density at radius 2 is 1.90 bits per heavy atom. The Kier molecular flexibility index (Phi) is 2.69. The van der Waals surface area contributed by atoms with Crippen LogP contribution in [0.25, 0.3) is 0 Å². The van der Waals surface area contributed by atoms with Crippen molar-refractivity contribution in [3.05, 3.63) is 42.8 Å². The van der Waals surface area contributed by atoms with Crippen LogP contribution in [-0.2, 0) is 0 Å². The summed E-state index contributed by atoms with van der Waals surface area (Å²) in [4.78, 5) is 0. The number of rotatable bonds is 2. The normalized spacial score (nSPS) is 13.3. The van der Waals surface area contributed by atoms with Gasteiger partial charge in [-0.3, -0.25) is 0 Å². The highest BCUT2D eigenvalue weighted by Gasteiger charge is 1.98. The van der Waals surface area contributed by atoms with Gasteiger partial charge in [-0.2, -0.15) is 0 Å². The molecule has 0 amide bonds. The molecule has 1 heteroatoms. The first-order valence-corrected chi connectivity index (χ1v) is 4.84. The monoisotopic (exact) mass is 149 g/mol. The molecule has 0 aliphatic rings. The highest BCUT2D eigenvalue weighted by molar-refractivity contribution is 6.12. The van der Waals surface area contributed by atoms with E-state index >= 15 is 0 Å². The summed E-state index contributed by atoms with van der Waals surface area (Å²) >= 11 is 0. The van der Waals surface area contributed by atoms with Gasteiger partial charge in [-0.1, -0.05) is 37.3 Å². The Hall–Kier alpha value is -0.563. The van der Waals surface area contributed by atoms with Crippen LogP contribution in [0, 0.1) is 6.92 Å². The molecule has 1 radical (unpaired) electrons. The Morgan fingerprint density at radius 1 is 1.30 bits per heavy atom. The molecule has 53 valence electrons. The molecule has 0 heterocycles. The molecule has 1 aromatic carbocycles. The number of hydrogen-bond acceptors (Lipinski definition) is 0. The van der Waals surface area contributed by atoms with E-state index < -0.39 is 0 Å². The molecule has 1 atom stereocenters. The highest BCUT2D eigenvalue weighted by Crippen LogP contribution is 2.13. The fraction of sp³-hybridized carbons (Fsp3) is 0.222. The smallest absolute Gasteiger partial charge is 0.0123 e. The van der Waals surface area contributed by atoms with E-state index in [1.807, 2.05) is 0 Å². The van der Waals surface area contributed by atoms with E-state index in [1.165, 1.54) is 15.8 Å². The maximum Gasteiger partial charge on any atom is 0.0123 e. The molecule has 0 spiro atoms. The maximum absolute atomic E-state index is 3.90. The summed E-state index contributed by atoms with van der Waals surface area (Å²) in [7, 11) is 1.21. The van der Waals surface area contributed by atoms with Crippen LogP contribution >= 0.6 is 0 Å². The average molecular weight is 149 g/mol. The molecule has 1 aromatic rings. The molecule has 0 aliphatic carbocycles. The molecule has 0 saturated heterocycles. The zero-order chi connectivity index (χ0) is 7.40. The van der Waals surface area contributed by atoms with E-state index in [0.29, 0.717) is 0 Å². The van der Waals surface area contributed by atoms with Gasteiger partial charge in [-0.25, -0.2) is 0 Å². The van der Waals surface area contributed by atoms with Gasteiger partial charge in [-0.05, 0) is 17.5 Å². The molecule has 1 unspecified atom stereocenters. The van der Waals surface area contributed by atoms with Gasteiger partial charge in [0.2, 0.25) is 0 Å². The molecule has 0 bridgehead atoms. The Labute approximate surface area is 65.7 Å².